The Kier molecular flexibility index (Phi) is 3.09. The van der Waals surface area contributed by atoms with Gasteiger partial charge in [0.25, 0.3) is 0 Å². The number of nitrogens with one attached hydrogen (secondary N) is 1. The molecule has 0 amide bonds. The summed E-state index contributed by atoms with van der Waals surface area (Å²) in [5, 5.41) is 3.75. The Balaban J connectivity index is 2.13. The molecule has 9 heteroatoms. The zero-order chi connectivity index (χ0) is 13.4. The Morgan fingerprint density at radius 1 is 1.16 bits per heavy atom. The van der Waals surface area contributed by atoms with Crippen LogP contribution < -0.4 is 11.1 Å². The number of benzene rings is 1. The van der Waals surface area contributed by atoms with E-state index in [0.29, 0.717) is 22.0 Å². The first-order valence-corrected chi connectivity index (χ1v) is 6.59. The zero-order valence-electron chi connectivity index (χ0n) is 9.26. The number of nitrogens with two attached hydrogens (primary N) is 1. The van der Waals surface area contributed by atoms with E-state index in [1.165, 1.54) is 6.33 Å². The van der Waals surface area contributed by atoms with Crippen molar-refractivity contribution in [2.24, 2.45) is 0 Å². The second-order valence-electron chi connectivity index (χ2n) is 3.60. The van der Waals surface area contributed by atoms with Gasteiger partial charge in [0.2, 0.25) is 0 Å². The maximum Gasteiger partial charge on any atom is 0.154 e. The molecule has 3 aromatic rings. The normalized spacial score (nSPS) is 10.8. The van der Waals surface area contributed by atoms with Crippen LogP contribution in [0.5, 0.6) is 0 Å². The van der Waals surface area contributed by atoms with Crippen molar-refractivity contribution < 1.29 is 0 Å². The van der Waals surface area contributed by atoms with Gasteiger partial charge in [0, 0.05) is 0 Å². The second-order valence-corrected chi connectivity index (χ2v) is 4.91. The van der Waals surface area contributed by atoms with Gasteiger partial charge in [0.05, 0.1) is 22.4 Å². The van der Waals surface area contributed by atoms with Gasteiger partial charge < -0.3 is 11.1 Å². The molecule has 0 spiro atoms. The van der Waals surface area contributed by atoms with Gasteiger partial charge in [-0.1, -0.05) is 23.2 Å². The van der Waals surface area contributed by atoms with Crippen LogP contribution in [0, 0.1) is 0 Å². The average molecular weight is 313 g/mol. The molecule has 6 nitrogen and oxygen atoms in total. The van der Waals surface area contributed by atoms with Crippen molar-refractivity contribution in [2.75, 3.05) is 11.1 Å². The first-order chi connectivity index (χ1) is 9.16. The molecule has 0 bridgehead atoms. The summed E-state index contributed by atoms with van der Waals surface area (Å²) in [6, 6.07) is 3.52. The van der Waals surface area contributed by atoms with Crippen molar-refractivity contribution in [3.63, 3.8) is 0 Å². The summed E-state index contributed by atoms with van der Waals surface area (Å²) >= 11 is 13.3. The van der Waals surface area contributed by atoms with Crippen molar-refractivity contribution >= 4 is 63.3 Å². The summed E-state index contributed by atoms with van der Waals surface area (Å²) in [6.45, 7) is 0. The summed E-state index contributed by atoms with van der Waals surface area (Å²) in [6.07, 6.45) is 1.32. The van der Waals surface area contributed by atoms with E-state index in [1.54, 1.807) is 12.1 Å². The third kappa shape index (κ3) is 2.16. The van der Waals surface area contributed by atoms with Crippen LogP contribution in [0.2, 0.25) is 10.0 Å². The lowest BCUT2D eigenvalue weighted by Crippen LogP contribution is -2.00. The van der Waals surface area contributed by atoms with Crippen LogP contribution in [-0.4, -0.2) is 18.7 Å². The fourth-order valence-corrected chi connectivity index (χ4v) is 2.42. The highest BCUT2D eigenvalue weighted by atomic mass is 35.5. The maximum atomic E-state index is 6.16. The smallest absolute Gasteiger partial charge is 0.154 e. The molecule has 3 N–H and O–H groups in total. The third-order valence-electron chi connectivity index (χ3n) is 2.44. The number of hydrogen-bond donors (Lipinski definition) is 2. The molecule has 0 saturated heterocycles. The number of anilines is 3. The topological polar surface area (TPSA) is 89.6 Å². The van der Waals surface area contributed by atoms with E-state index in [9.17, 15) is 0 Å². The monoisotopic (exact) mass is 312 g/mol. The third-order valence-corrected chi connectivity index (χ3v) is 3.67. The Bertz CT molecular complexity index is 759. The maximum absolute atomic E-state index is 6.16. The molecule has 0 atom stereocenters. The van der Waals surface area contributed by atoms with Crippen molar-refractivity contribution in [3.8, 4) is 0 Å². The number of rotatable bonds is 2. The first kappa shape index (κ1) is 12.3. The molecule has 0 unspecified atom stereocenters. The van der Waals surface area contributed by atoms with Crippen molar-refractivity contribution in [1.29, 1.82) is 0 Å². The highest BCUT2D eigenvalue weighted by molar-refractivity contribution is 7.00. The standard InChI is InChI=1S/C10H6Cl2N6S/c11-4-1-2-5-8(18-19-17-5)7(4)16-10-6(12)9(13)14-3-15-10/h1-3H,(H3,13,14,15,16). The SMILES string of the molecule is Nc1ncnc(Nc2c(Cl)ccc3nsnc23)c1Cl. The molecular formula is C10H6Cl2N6S. The lowest BCUT2D eigenvalue weighted by molar-refractivity contribution is 1.18. The molecule has 96 valence electrons. The van der Waals surface area contributed by atoms with E-state index in [-0.39, 0.29) is 10.8 Å². The fourth-order valence-electron chi connectivity index (χ4n) is 1.53. The lowest BCUT2D eigenvalue weighted by Gasteiger charge is -2.09. The van der Waals surface area contributed by atoms with Crippen LogP contribution in [-0.2, 0) is 0 Å². The number of halogens is 2. The number of nitrogen functional groups attached to an aromatic ring is 1. The molecular weight excluding hydrogens is 307 g/mol. The van der Waals surface area contributed by atoms with Gasteiger partial charge in [-0.25, -0.2) is 9.97 Å². The van der Waals surface area contributed by atoms with Crippen molar-refractivity contribution in [2.45, 2.75) is 0 Å². The van der Waals surface area contributed by atoms with Crippen LogP contribution in [0.15, 0.2) is 18.5 Å². The number of fused-ring (bicyclic) bond motifs is 1. The number of aromatic nitrogens is 4. The highest BCUT2D eigenvalue weighted by Gasteiger charge is 2.13. The van der Waals surface area contributed by atoms with Crippen LogP contribution in [0.1, 0.15) is 0 Å². The molecule has 3 rings (SSSR count). The van der Waals surface area contributed by atoms with E-state index >= 15 is 0 Å². The van der Waals surface area contributed by atoms with E-state index in [4.69, 9.17) is 28.9 Å². The molecule has 0 aliphatic heterocycles. The molecule has 2 heterocycles. The quantitative estimate of drug-likeness (QED) is 0.755. The van der Waals surface area contributed by atoms with Crippen LogP contribution in [0.4, 0.5) is 17.3 Å². The van der Waals surface area contributed by atoms with E-state index in [0.717, 1.165) is 17.2 Å². The van der Waals surface area contributed by atoms with Gasteiger partial charge in [0.15, 0.2) is 5.82 Å². The first-order valence-electron chi connectivity index (χ1n) is 5.10. The molecule has 1 aromatic carbocycles. The van der Waals surface area contributed by atoms with Gasteiger partial charge in [0.1, 0.15) is 28.2 Å². The predicted octanol–water partition coefficient (Wildman–Crippen LogP) is 3.11. The molecule has 0 aliphatic carbocycles. The minimum absolute atomic E-state index is 0.193. The molecule has 19 heavy (non-hydrogen) atoms. The molecule has 0 aliphatic rings. The van der Waals surface area contributed by atoms with Gasteiger partial charge in [-0.15, -0.1) is 0 Å². The predicted molar refractivity (Wildman–Crippen MR) is 77.2 cm³/mol. The summed E-state index contributed by atoms with van der Waals surface area (Å²) < 4.78 is 8.34. The molecule has 0 radical (unpaired) electrons. The average Bonchev–Trinajstić information content (AvgIpc) is 2.86. The lowest BCUT2D eigenvalue weighted by atomic mass is 10.2. The molecule has 2 aromatic heterocycles. The van der Waals surface area contributed by atoms with Crippen molar-refractivity contribution in [1.82, 2.24) is 18.7 Å². The highest BCUT2D eigenvalue weighted by Crippen LogP contribution is 2.34. The summed E-state index contributed by atoms with van der Waals surface area (Å²) in [5.74, 6) is 0.565. The fraction of sp³-hybridized carbons (Fsp3) is 0. The summed E-state index contributed by atoms with van der Waals surface area (Å²) in [7, 11) is 0. The van der Waals surface area contributed by atoms with Crippen LogP contribution in [0.25, 0.3) is 11.0 Å². The van der Waals surface area contributed by atoms with E-state index in [2.05, 4.69) is 24.0 Å². The second kappa shape index (κ2) is 4.76. The molecule has 0 fully saturated rings. The van der Waals surface area contributed by atoms with Crippen molar-refractivity contribution in [3.05, 3.63) is 28.5 Å². The van der Waals surface area contributed by atoms with E-state index in [1.807, 2.05) is 0 Å². The van der Waals surface area contributed by atoms with Crippen LogP contribution in [0.3, 0.4) is 0 Å². The Labute approximate surface area is 121 Å². The Morgan fingerprint density at radius 2 is 2.00 bits per heavy atom. The minimum Gasteiger partial charge on any atom is -0.382 e. The van der Waals surface area contributed by atoms with Gasteiger partial charge in [-0.2, -0.15) is 8.75 Å². The Morgan fingerprint density at radius 3 is 2.84 bits per heavy atom. The summed E-state index contributed by atoms with van der Waals surface area (Å²) in [4.78, 5) is 7.82. The Hall–Kier alpha value is -1.70. The largest absolute Gasteiger partial charge is 0.382 e. The minimum atomic E-state index is 0.193. The molecule has 0 saturated carbocycles. The zero-order valence-corrected chi connectivity index (χ0v) is 11.6. The summed E-state index contributed by atoms with van der Waals surface area (Å²) in [5.41, 5.74) is 7.62. The van der Waals surface area contributed by atoms with Gasteiger partial charge in [-0.05, 0) is 12.1 Å². The van der Waals surface area contributed by atoms with Gasteiger partial charge >= 0.3 is 0 Å². The van der Waals surface area contributed by atoms with E-state index < -0.39 is 0 Å². The number of nitrogens with zero attached hydrogens (tertiary/aromatic N) is 4. The van der Waals surface area contributed by atoms with Gasteiger partial charge in [-0.3, -0.25) is 0 Å². The van der Waals surface area contributed by atoms with Crippen LogP contribution >= 0.6 is 34.9 Å². The number of hydrogen-bond acceptors (Lipinski definition) is 7.